The lowest BCUT2D eigenvalue weighted by atomic mass is 9.80. The normalized spacial score (nSPS) is 21.6. The molecule has 1 aliphatic carbocycles. The zero-order chi connectivity index (χ0) is 14.3. The largest absolute Gasteiger partial charge is 0.325 e. The number of aryl methyl sites for hydroxylation is 2. The van der Waals surface area contributed by atoms with Crippen molar-refractivity contribution in [2.24, 2.45) is 0 Å². The van der Waals surface area contributed by atoms with Gasteiger partial charge in [-0.2, -0.15) is 0 Å². The smallest absolute Gasteiger partial charge is 0.303 e. The van der Waals surface area contributed by atoms with Crippen molar-refractivity contribution in [2.45, 2.75) is 58.0 Å². The number of thiazole rings is 1. The van der Waals surface area contributed by atoms with Crippen LogP contribution < -0.4 is 5.32 Å². The molecule has 1 saturated carbocycles. The summed E-state index contributed by atoms with van der Waals surface area (Å²) in [7, 11) is 0. The summed E-state index contributed by atoms with van der Waals surface area (Å²) in [5, 5.41) is 3.41. The molecule has 1 aliphatic heterocycles. The molecule has 3 rings (SSSR count). The Balaban J connectivity index is 1.89. The van der Waals surface area contributed by atoms with Crippen molar-refractivity contribution in [2.75, 3.05) is 0 Å². The molecular weight excluding hydrogens is 274 g/mol. The first-order chi connectivity index (χ1) is 9.53. The Hall–Kier alpha value is -1.43. The van der Waals surface area contributed by atoms with Gasteiger partial charge in [-0.3, -0.25) is 10.1 Å². The molecule has 0 radical (unpaired) electrons. The van der Waals surface area contributed by atoms with Crippen LogP contribution in [0.1, 0.15) is 47.7 Å². The van der Waals surface area contributed by atoms with Crippen LogP contribution in [0.4, 0.5) is 4.79 Å². The number of hydrogen-bond acceptors (Lipinski definition) is 4. The summed E-state index contributed by atoms with van der Waals surface area (Å²) < 4.78 is 0. The van der Waals surface area contributed by atoms with Gasteiger partial charge in [0.1, 0.15) is 10.5 Å². The zero-order valence-corrected chi connectivity index (χ0v) is 12.7. The number of nitrogens with one attached hydrogen (secondary N) is 1. The average molecular weight is 293 g/mol. The molecule has 0 bridgehead atoms. The second-order valence-corrected chi connectivity index (χ2v) is 6.97. The second-order valence-electron chi connectivity index (χ2n) is 5.69. The van der Waals surface area contributed by atoms with E-state index < -0.39 is 5.54 Å². The number of hydrogen-bond donors (Lipinski definition) is 1. The summed E-state index contributed by atoms with van der Waals surface area (Å²) in [4.78, 5) is 31.7. The molecule has 1 spiro atoms. The van der Waals surface area contributed by atoms with E-state index in [1.54, 1.807) is 16.2 Å². The number of aromatic nitrogens is 1. The number of rotatable bonds is 2. The molecule has 6 heteroatoms. The molecule has 2 heterocycles. The first-order valence-electron chi connectivity index (χ1n) is 7.09. The lowest BCUT2D eigenvalue weighted by molar-refractivity contribution is -0.128. The lowest BCUT2D eigenvalue weighted by Gasteiger charge is -2.37. The molecule has 0 aromatic carbocycles. The zero-order valence-electron chi connectivity index (χ0n) is 11.9. The summed E-state index contributed by atoms with van der Waals surface area (Å²) in [5.41, 5.74) is 0.386. The summed E-state index contributed by atoms with van der Waals surface area (Å²) in [6.07, 6.45) is 4.70. The van der Waals surface area contributed by atoms with Crippen molar-refractivity contribution in [3.05, 3.63) is 15.6 Å². The number of imide groups is 1. The van der Waals surface area contributed by atoms with Crippen LogP contribution in [0.15, 0.2) is 0 Å². The van der Waals surface area contributed by atoms with Gasteiger partial charge in [0.2, 0.25) is 0 Å². The van der Waals surface area contributed by atoms with Crippen LogP contribution in [0.5, 0.6) is 0 Å². The fourth-order valence-corrected chi connectivity index (χ4v) is 4.12. The van der Waals surface area contributed by atoms with E-state index >= 15 is 0 Å². The minimum atomic E-state index is -0.622. The van der Waals surface area contributed by atoms with Gasteiger partial charge in [-0.25, -0.2) is 9.78 Å². The van der Waals surface area contributed by atoms with Crippen LogP contribution in [-0.4, -0.2) is 27.4 Å². The molecule has 0 unspecified atom stereocenters. The van der Waals surface area contributed by atoms with Crippen LogP contribution in [0.3, 0.4) is 0 Å². The third-order valence-electron chi connectivity index (χ3n) is 4.45. The van der Waals surface area contributed by atoms with E-state index in [1.807, 2.05) is 13.8 Å². The van der Waals surface area contributed by atoms with Crippen LogP contribution >= 0.6 is 11.3 Å². The van der Waals surface area contributed by atoms with Gasteiger partial charge in [-0.05, 0) is 26.7 Å². The SMILES string of the molecule is Cc1nc(CN2C(=O)NC(=O)C23CCCCC3)sc1C. The molecule has 1 aromatic rings. The summed E-state index contributed by atoms with van der Waals surface area (Å²) in [6.45, 7) is 4.44. The number of urea groups is 1. The molecule has 2 aliphatic rings. The molecular formula is C14H19N3O2S. The van der Waals surface area contributed by atoms with Crippen molar-refractivity contribution in [3.63, 3.8) is 0 Å². The average Bonchev–Trinajstić information content (AvgIpc) is 2.84. The molecule has 108 valence electrons. The molecule has 1 N–H and O–H groups in total. The lowest BCUT2D eigenvalue weighted by Crippen LogP contribution is -2.50. The van der Waals surface area contributed by atoms with Crippen molar-refractivity contribution in [1.29, 1.82) is 0 Å². The molecule has 5 nitrogen and oxygen atoms in total. The topological polar surface area (TPSA) is 62.3 Å². The monoisotopic (exact) mass is 293 g/mol. The standard InChI is InChI=1S/C14H19N3O2S/c1-9-10(2)20-11(15-9)8-17-13(19)16-12(18)14(17)6-4-3-5-7-14/h3-8H2,1-2H3,(H,16,18,19). The molecule has 0 atom stereocenters. The fourth-order valence-electron chi connectivity index (χ4n) is 3.20. The first kappa shape index (κ1) is 13.5. The second kappa shape index (κ2) is 4.84. The van der Waals surface area contributed by atoms with Crippen LogP contribution in [0.25, 0.3) is 0 Å². The van der Waals surface area contributed by atoms with Crippen LogP contribution in [-0.2, 0) is 11.3 Å². The summed E-state index contributed by atoms with van der Waals surface area (Å²) >= 11 is 1.61. The van der Waals surface area contributed by atoms with E-state index in [2.05, 4.69) is 10.3 Å². The van der Waals surface area contributed by atoms with E-state index in [9.17, 15) is 9.59 Å². The Bertz CT molecular complexity index is 541. The maximum Gasteiger partial charge on any atom is 0.325 e. The van der Waals surface area contributed by atoms with E-state index in [4.69, 9.17) is 0 Å². The third-order valence-corrected chi connectivity index (χ3v) is 5.51. The molecule has 1 saturated heterocycles. The van der Waals surface area contributed by atoms with Gasteiger partial charge in [0.15, 0.2) is 0 Å². The number of nitrogens with zero attached hydrogens (tertiary/aromatic N) is 2. The maximum absolute atomic E-state index is 12.2. The molecule has 1 aromatic heterocycles. The van der Waals surface area contributed by atoms with Crippen molar-refractivity contribution in [1.82, 2.24) is 15.2 Å². The fraction of sp³-hybridized carbons (Fsp3) is 0.643. The summed E-state index contributed by atoms with van der Waals surface area (Å²) in [5.74, 6) is -0.118. The van der Waals surface area contributed by atoms with Gasteiger partial charge in [-0.1, -0.05) is 19.3 Å². The predicted octanol–water partition coefficient (Wildman–Crippen LogP) is 2.51. The van der Waals surface area contributed by atoms with Crippen LogP contribution in [0.2, 0.25) is 0 Å². The molecule has 3 amide bonds. The van der Waals surface area contributed by atoms with Crippen LogP contribution in [0, 0.1) is 13.8 Å². The Morgan fingerprint density at radius 3 is 2.55 bits per heavy atom. The minimum Gasteiger partial charge on any atom is -0.303 e. The van der Waals surface area contributed by atoms with E-state index in [-0.39, 0.29) is 11.9 Å². The van der Waals surface area contributed by atoms with Gasteiger partial charge in [0.25, 0.3) is 5.91 Å². The Morgan fingerprint density at radius 1 is 1.25 bits per heavy atom. The highest BCUT2D eigenvalue weighted by Crippen LogP contribution is 2.38. The van der Waals surface area contributed by atoms with Crippen molar-refractivity contribution >= 4 is 23.3 Å². The minimum absolute atomic E-state index is 0.118. The maximum atomic E-state index is 12.2. The molecule has 20 heavy (non-hydrogen) atoms. The first-order valence-corrected chi connectivity index (χ1v) is 7.90. The highest BCUT2D eigenvalue weighted by molar-refractivity contribution is 7.11. The quantitative estimate of drug-likeness (QED) is 0.852. The number of carbonyl (C=O) groups is 2. The van der Waals surface area contributed by atoms with E-state index in [0.29, 0.717) is 6.54 Å². The van der Waals surface area contributed by atoms with Crippen molar-refractivity contribution in [3.8, 4) is 0 Å². The Kier molecular flexibility index (Phi) is 3.28. The predicted molar refractivity (Wildman–Crippen MR) is 76.5 cm³/mol. The Labute approximate surface area is 122 Å². The Morgan fingerprint density at radius 2 is 1.95 bits per heavy atom. The van der Waals surface area contributed by atoms with Gasteiger partial charge in [0, 0.05) is 4.88 Å². The van der Waals surface area contributed by atoms with E-state index in [0.717, 1.165) is 42.8 Å². The van der Waals surface area contributed by atoms with Gasteiger partial charge < -0.3 is 4.90 Å². The van der Waals surface area contributed by atoms with E-state index in [1.165, 1.54) is 4.88 Å². The highest BCUT2D eigenvalue weighted by Gasteiger charge is 2.52. The van der Waals surface area contributed by atoms with Crippen molar-refractivity contribution < 1.29 is 9.59 Å². The van der Waals surface area contributed by atoms with Gasteiger partial charge in [0.05, 0.1) is 12.2 Å². The summed E-state index contributed by atoms with van der Waals surface area (Å²) in [6, 6.07) is -0.262. The van der Waals surface area contributed by atoms with Gasteiger partial charge in [-0.15, -0.1) is 11.3 Å². The number of amides is 3. The number of carbonyl (C=O) groups excluding carboxylic acids is 2. The molecule has 2 fully saturated rings. The third kappa shape index (κ3) is 2.02. The highest BCUT2D eigenvalue weighted by atomic mass is 32.1. The van der Waals surface area contributed by atoms with Gasteiger partial charge >= 0.3 is 6.03 Å².